The van der Waals surface area contributed by atoms with Crippen molar-refractivity contribution in [1.82, 2.24) is 9.80 Å². The topological polar surface area (TPSA) is 32.5 Å². The molecular weight excluding hydrogens is 218 g/mol. The summed E-state index contributed by atoms with van der Waals surface area (Å²) in [6.45, 7) is 6.13. The number of nitrogens with two attached hydrogens (primary N) is 1. The Morgan fingerprint density at radius 2 is 1.94 bits per heavy atom. The molecular formula is C12H23N3S. The van der Waals surface area contributed by atoms with Crippen molar-refractivity contribution in [1.29, 1.82) is 0 Å². The summed E-state index contributed by atoms with van der Waals surface area (Å²) in [5.74, 6) is 0. The Hall–Kier alpha value is -0.190. The van der Waals surface area contributed by atoms with E-state index in [0.29, 0.717) is 4.99 Å². The predicted molar refractivity (Wildman–Crippen MR) is 71.7 cm³/mol. The van der Waals surface area contributed by atoms with E-state index in [2.05, 4.69) is 9.80 Å². The molecule has 0 aromatic heterocycles. The largest absolute Gasteiger partial charge is 0.393 e. The van der Waals surface area contributed by atoms with Crippen LogP contribution in [0.4, 0.5) is 0 Å². The quantitative estimate of drug-likeness (QED) is 0.750. The van der Waals surface area contributed by atoms with Gasteiger partial charge in [0.1, 0.15) is 0 Å². The Kier molecular flexibility index (Phi) is 4.55. The molecule has 0 amide bonds. The highest BCUT2D eigenvalue weighted by atomic mass is 32.1. The van der Waals surface area contributed by atoms with E-state index in [-0.39, 0.29) is 0 Å². The van der Waals surface area contributed by atoms with E-state index in [1.807, 2.05) is 0 Å². The van der Waals surface area contributed by atoms with Gasteiger partial charge < -0.3 is 10.6 Å². The first-order valence-electron chi connectivity index (χ1n) is 6.50. The van der Waals surface area contributed by atoms with Gasteiger partial charge in [0.05, 0.1) is 4.99 Å². The second-order valence-electron chi connectivity index (χ2n) is 5.06. The number of piperidine rings is 1. The average molecular weight is 241 g/mol. The monoisotopic (exact) mass is 241 g/mol. The summed E-state index contributed by atoms with van der Waals surface area (Å²) in [4.78, 5) is 5.85. The third kappa shape index (κ3) is 3.40. The van der Waals surface area contributed by atoms with Gasteiger partial charge in [0.15, 0.2) is 0 Å². The zero-order valence-electron chi connectivity index (χ0n) is 10.0. The number of rotatable bonds is 4. The molecule has 92 valence electrons. The molecule has 16 heavy (non-hydrogen) atoms. The second kappa shape index (κ2) is 5.94. The van der Waals surface area contributed by atoms with E-state index in [4.69, 9.17) is 18.0 Å². The normalized spacial score (nSPS) is 28.4. The number of hydrogen-bond acceptors (Lipinski definition) is 3. The van der Waals surface area contributed by atoms with Gasteiger partial charge in [0.2, 0.25) is 0 Å². The number of nitrogens with zero attached hydrogens (tertiary/aromatic N) is 2. The highest BCUT2D eigenvalue weighted by molar-refractivity contribution is 7.80. The third-order valence-corrected chi connectivity index (χ3v) is 4.03. The maximum Gasteiger partial charge on any atom is 0.0740 e. The van der Waals surface area contributed by atoms with Crippen molar-refractivity contribution in [3.63, 3.8) is 0 Å². The van der Waals surface area contributed by atoms with Gasteiger partial charge in [-0.15, -0.1) is 0 Å². The van der Waals surface area contributed by atoms with Crippen molar-refractivity contribution in [2.75, 3.05) is 32.7 Å². The van der Waals surface area contributed by atoms with E-state index in [1.54, 1.807) is 0 Å². The van der Waals surface area contributed by atoms with Crippen molar-refractivity contribution in [2.45, 2.75) is 38.1 Å². The third-order valence-electron chi connectivity index (χ3n) is 3.83. The molecule has 1 atom stereocenters. The Balaban J connectivity index is 1.72. The van der Waals surface area contributed by atoms with Gasteiger partial charge >= 0.3 is 0 Å². The molecule has 2 fully saturated rings. The minimum Gasteiger partial charge on any atom is -0.393 e. The van der Waals surface area contributed by atoms with Gasteiger partial charge in [-0.25, -0.2) is 0 Å². The average Bonchev–Trinajstić information content (AvgIpc) is 2.76. The molecule has 2 aliphatic heterocycles. The summed E-state index contributed by atoms with van der Waals surface area (Å²) in [6, 6.07) is 0.798. The predicted octanol–water partition coefficient (Wildman–Crippen LogP) is 1.22. The van der Waals surface area contributed by atoms with Gasteiger partial charge in [-0.2, -0.15) is 0 Å². The second-order valence-corrected chi connectivity index (χ2v) is 5.58. The fourth-order valence-electron chi connectivity index (χ4n) is 2.87. The molecule has 2 N–H and O–H groups in total. The van der Waals surface area contributed by atoms with E-state index >= 15 is 0 Å². The van der Waals surface area contributed by atoms with Crippen LogP contribution in [0, 0.1) is 0 Å². The van der Waals surface area contributed by atoms with Crippen LogP contribution in [0.15, 0.2) is 0 Å². The molecule has 0 spiro atoms. The van der Waals surface area contributed by atoms with Crippen LogP contribution in [-0.4, -0.2) is 53.6 Å². The Bertz CT molecular complexity index is 238. The van der Waals surface area contributed by atoms with Crippen LogP contribution < -0.4 is 5.73 Å². The summed E-state index contributed by atoms with van der Waals surface area (Å²) in [7, 11) is 0. The van der Waals surface area contributed by atoms with Gasteiger partial charge in [0.25, 0.3) is 0 Å². The lowest BCUT2D eigenvalue weighted by molar-refractivity contribution is 0.163. The van der Waals surface area contributed by atoms with Crippen molar-refractivity contribution in [2.24, 2.45) is 5.73 Å². The Labute approximate surface area is 104 Å². The van der Waals surface area contributed by atoms with Crippen molar-refractivity contribution >= 4 is 17.2 Å². The lowest BCUT2D eigenvalue weighted by Crippen LogP contribution is -2.41. The maximum atomic E-state index is 5.54. The summed E-state index contributed by atoms with van der Waals surface area (Å²) in [5.41, 5.74) is 5.54. The molecule has 2 aliphatic rings. The number of likely N-dealkylation sites (tertiary alicyclic amines) is 2. The molecule has 3 nitrogen and oxygen atoms in total. The molecule has 0 aliphatic carbocycles. The first-order chi connectivity index (χ1) is 7.75. The molecule has 0 aromatic rings. The van der Waals surface area contributed by atoms with E-state index in [0.717, 1.165) is 19.0 Å². The van der Waals surface area contributed by atoms with Crippen LogP contribution in [0.25, 0.3) is 0 Å². The summed E-state index contributed by atoms with van der Waals surface area (Å²) >= 11 is 4.93. The maximum absolute atomic E-state index is 5.54. The summed E-state index contributed by atoms with van der Waals surface area (Å²) in [6.07, 6.45) is 6.42. The smallest absolute Gasteiger partial charge is 0.0740 e. The summed E-state index contributed by atoms with van der Waals surface area (Å²) in [5, 5.41) is 0. The Morgan fingerprint density at radius 1 is 1.19 bits per heavy atom. The van der Waals surface area contributed by atoms with Crippen molar-refractivity contribution < 1.29 is 0 Å². The summed E-state index contributed by atoms with van der Waals surface area (Å²) < 4.78 is 0. The molecule has 2 saturated heterocycles. The molecule has 0 saturated carbocycles. The molecule has 0 radical (unpaired) electrons. The fourth-order valence-corrected chi connectivity index (χ4v) is 2.96. The van der Waals surface area contributed by atoms with Gasteiger partial charge in [-0.1, -0.05) is 18.6 Å². The van der Waals surface area contributed by atoms with Crippen LogP contribution in [0.2, 0.25) is 0 Å². The fraction of sp³-hybridized carbons (Fsp3) is 0.917. The van der Waals surface area contributed by atoms with Crippen LogP contribution in [0.1, 0.15) is 32.1 Å². The SMILES string of the molecule is NC(=S)CCN1CCC(N2CCCCC2)C1. The van der Waals surface area contributed by atoms with Gasteiger partial charge in [-0.3, -0.25) is 4.90 Å². The number of hydrogen-bond donors (Lipinski definition) is 1. The minimum absolute atomic E-state index is 0.654. The van der Waals surface area contributed by atoms with E-state index < -0.39 is 0 Å². The number of thiocarbonyl (C=S) groups is 1. The lowest BCUT2D eigenvalue weighted by Gasteiger charge is -2.32. The van der Waals surface area contributed by atoms with E-state index in [9.17, 15) is 0 Å². The first kappa shape index (κ1) is 12.3. The standard InChI is InChI=1S/C12H23N3S/c13-12(16)5-9-14-8-4-11(10-14)15-6-2-1-3-7-15/h11H,1-10H2,(H2,13,16). The zero-order valence-corrected chi connectivity index (χ0v) is 10.8. The van der Waals surface area contributed by atoms with Gasteiger partial charge in [0, 0.05) is 25.6 Å². The van der Waals surface area contributed by atoms with E-state index in [1.165, 1.54) is 51.9 Å². The molecule has 0 aromatic carbocycles. The molecule has 4 heteroatoms. The van der Waals surface area contributed by atoms with Crippen LogP contribution >= 0.6 is 12.2 Å². The van der Waals surface area contributed by atoms with Crippen LogP contribution in [0.3, 0.4) is 0 Å². The first-order valence-corrected chi connectivity index (χ1v) is 6.91. The van der Waals surface area contributed by atoms with Crippen molar-refractivity contribution in [3.05, 3.63) is 0 Å². The highest BCUT2D eigenvalue weighted by Crippen LogP contribution is 2.20. The van der Waals surface area contributed by atoms with Crippen molar-refractivity contribution in [3.8, 4) is 0 Å². The molecule has 1 unspecified atom stereocenters. The Morgan fingerprint density at radius 3 is 2.62 bits per heavy atom. The van der Waals surface area contributed by atoms with Gasteiger partial charge in [-0.05, 0) is 38.9 Å². The zero-order chi connectivity index (χ0) is 11.4. The highest BCUT2D eigenvalue weighted by Gasteiger charge is 2.27. The lowest BCUT2D eigenvalue weighted by atomic mass is 10.1. The minimum atomic E-state index is 0.654. The molecule has 2 rings (SSSR count). The molecule has 0 bridgehead atoms. The molecule has 2 heterocycles. The van der Waals surface area contributed by atoms with Crippen LogP contribution in [-0.2, 0) is 0 Å². The van der Waals surface area contributed by atoms with Crippen LogP contribution in [0.5, 0.6) is 0 Å².